The second-order valence-electron chi connectivity index (χ2n) is 5.12. The lowest BCUT2D eigenvalue weighted by atomic mass is 10.0. The van der Waals surface area contributed by atoms with Crippen LogP contribution in [0.4, 0.5) is 0 Å². The van der Waals surface area contributed by atoms with Crippen molar-refractivity contribution >= 4 is 15.9 Å². The van der Waals surface area contributed by atoms with Crippen molar-refractivity contribution in [3.63, 3.8) is 0 Å². The van der Waals surface area contributed by atoms with Crippen LogP contribution in [0.5, 0.6) is 5.75 Å². The van der Waals surface area contributed by atoms with Crippen LogP contribution in [0, 0.1) is 0 Å². The number of likely N-dealkylation sites (N-methyl/N-ethyl adjacent to an activating group) is 1. The number of halogens is 1. The fraction of sp³-hybridized carbons (Fsp3) is 0.600. The van der Waals surface area contributed by atoms with Crippen LogP contribution in [0.2, 0.25) is 0 Å². The van der Waals surface area contributed by atoms with Gasteiger partial charge >= 0.3 is 0 Å². The largest absolute Gasteiger partial charge is 0.496 e. The molecule has 1 aromatic rings. The van der Waals surface area contributed by atoms with E-state index < -0.39 is 0 Å². The van der Waals surface area contributed by atoms with E-state index in [1.165, 1.54) is 5.56 Å². The summed E-state index contributed by atoms with van der Waals surface area (Å²) < 4.78 is 6.28. The zero-order valence-electron chi connectivity index (χ0n) is 12.3. The monoisotopic (exact) mass is 341 g/mol. The van der Waals surface area contributed by atoms with Crippen LogP contribution in [0.25, 0.3) is 0 Å². The third kappa shape index (κ3) is 3.52. The summed E-state index contributed by atoms with van der Waals surface area (Å²) in [6, 6.07) is 6.54. The molecule has 0 saturated carbocycles. The maximum Gasteiger partial charge on any atom is 0.133 e. The van der Waals surface area contributed by atoms with Crippen LogP contribution in [-0.2, 0) is 0 Å². The summed E-state index contributed by atoms with van der Waals surface area (Å²) in [6.07, 6.45) is 0. The first-order valence-corrected chi connectivity index (χ1v) is 7.98. The Morgan fingerprint density at radius 3 is 2.50 bits per heavy atom. The minimum Gasteiger partial charge on any atom is -0.496 e. The average molecular weight is 342 g/mol. The van der Waals surface area contributed by atoms with Crippen molar-refractivity contribution in [2.75, 3.05) is 46.4 Å². The Labute approximate surface area is 130 Å². The summed E-state index contributed by atoms with van der Waals surface area (Å²) in [5.41, 5.74) is 7.28. The third-order valence-corrected chi connectivity index (χ3v) is 4.70. The molecule has 5 heteroatoms. The van der Waals surface area contributed by atoms with Crippen LogP contribution < -0.4 is 10.5 Å². The zero-order valence-corrected chi connectivity index (χ0v) is 13.9. The number of ether oxygens (including phenoxy) is 1. The van der Waals surface area contributed by atoms with Crippen molar-refractivity contribution < 1.29 is 4.74 Å². The number of rotatable bonds is 5. The predicted octanol–water partition coefficient (Wildman–Crippen LogP) is 2.09. The molecule has 2 rings (SSSR count). The first-order valence-electron chi connectivity index (χ1n) is 7.19. The molecule has 0 radical (unpaired) electrons. The molecule has 1 atom stereocenters. The van der Waals surface area contributed by atoms with E-state index in [1.54, 1.807) is 7.11 Å². The van der Waals surface area contributed by atoms with Crippen molar-refractivity contribution in [1.82, 2.24) is 9.80 Å². The van der Waals surface area contributed by atoms with Crippen molar-refractivity contribution in [1.29, 1.82) is 0 Å². The summed E-state index contributed by atoms with van der Waals surface area (Å²) in [5, 5.41) is 0. The molecule has 1 heterocycles. The van der Waals surface area contributed by atoms with E-state index in [2.05, 4.69) is 44.8 Å². The van der Waals surface area contributed by atoms with Gasteiger partial charge in [0.05, 0.1) is 11.6 Å². The third-order valence-electron chi connectivity index (χ3n) is 4.08. The normalized spacial score (nSPS) is 19.0. The predicted molar refractivity (Wildman–Crippen MR) is 86.2 cm³/mol. The minimum atomic E-state index is 0.288. The summed E-state index contributed by atoms with van der Waals surface area (Å²) >= 11 is 3.56. The minimum absolute atomic E-state index is 0.288. The van der Waals surface area contributed by atoms with E-state index in [0.717, 1.165) is 42.9 Å². The molecule has 0 amide bonds. The van der Waals surface area contributed by atoms with E-state index in [9.17, 15) is 0 Å². The standard InChI is InChI=1S/C15H24BrN3O/c1-3-18-6-8-19(9-7-18)14(11-17)12-4-5-15(20-2)13(16)10-12/h4-5,10,14H,3,6-9,11,17H2,1-2H3. The van der Waals surface area contributed by atoms with Gasteiger partial charge in [-0.1, -0.05) is 13.0 Å². The van der Waals surface area contributed by atoms with Gasteiger partial charge in [-0.05, 0) is 40.2 Å². The molecule has 1 fully saturated rings. The number of nitrogens with two attached hydrogens (primary N) is 1. The molecule has 1 saturated heterocycles. The number of piperazine rings is 1. The maximum atomic E-state index is 6.02. The van der Waals surface area contributed by atoms with Crippen LogP contribution in [-0.4, -0.2) is 56.2 Å². The molecule has 2 N–H and O–H groups in total. The molecule has 4 nitrogen and oxygen atoms in total. The second-order valence-corrected chi connectivity index (χ2v) is 5.97. The number of nitrogens with zero attached hydrogens (tertiary/aromatic N) is 2. The van der Waals surface area contributed by atoms with E-state index in [4.69, 9.17) is 10.5 Å². The van der Waals surface area contributed by atoms with Gasteiger partial charge in [0.15, 0.2) is 0 Å². The number of hydrogen-bond acceptors (Lipinski definition) is 4. The van der Waals surface area contributed by atoms with Gasteiger partial charge in [0.25, 0.3) is 0 Å². The van der Waals surface area contributed by atoms with E-state index >= 15 is 0 Å². The summed E-state index contributed by atoms with van der Waals surface area (Å²) in [7, 11) is 1.68. The Hall–Kier alpha value is -0.620. The molecule has 0 aliphatic carbocycles. The Bertz CT molecular complexity index is 433. The SMILES string of the molecule is CCN1CCN(C(CN)c2ccc(OC)c(Br)c2)CC1. The molecule has 112 valence electrons. The zero-order chi connectivity index (χ0) is 14.5. The fourth-order valence-electron chi connectivity index (χ4n) is 2.78. The van der Waals surface area contributed by atoms with Crippen LogP contribution >= 0.6 is 15.9 Å². The molecular formula is C15H24BrN3O. The molecule has 1 aliphatic rings. The maximum absolute atomic E-state index is 6.02. The van der Waals surface area contributed by atoms with Crippen LogP contribution in [0.3, 0.4) is 0 Å². The first kappa shape index (κ1) is 15.8. The number of methoxy groups -OCH3 is 1. The highest BCUT2D eigenvalue weighted by Crippen LogP contribution is 2.30. The number of benzene rings is 1. The topological polar surface area (TPSA) is 41.7 Å². The van der Waals surface area contributed by atoms with Crippen LogP contribution in [0.1, 0.15) is 18.5 Å². The summed E-state index contributed by atoms with van der Waals surface area (Å²) in [6.45, 7) is 8.42. The van der Waals surface area contributed by atoms with Gasteiger partial charge in [-0.2, -0.15) is 0 Å². The molecule has 0 bridgehead atoms. The van der Waals surface area contributed by atoms with Crippen molar-refractivity contribution in [2.45, 2.75) is 13.0 Å². The smallest absolute Gasteiger partial charge is 0.133 e. The quantitative estimate of drug-likeness (QED) is 0.890. The van der Waals surface area contributed by atoms with Gasteiger partial charge in [-0.15, -0.1) is 0 Å². The molecule has 0 aromatic heterocycles. The highest BCUT2D eigenvalue weighted by atomic mass is 79.9. The fourth-order valence-corrected chi connectivity index (χ4v) is 3.34. The van der Waals surface area contributed by atoms with Gasteiger partial charge < -0.3 is 15.4 Å². The van der Waals surface area contributed by atoms with Crippen LogP contribution in [0.15, 0.2) is 22.7 Å². The van der Waals surface area contributed by atoms with Crippen molar-refractivity contribution in [2.24, 2.45) is 5.73 Å². The highest BCUT2D eigenvalue weighted by Gasteiger charge is 2.23. The molecule has 1 aliphatic heterocycles. The van der Waals surface area contributed by atoms with E-state index in [0.29, 0.717) is 6.54 Å². The Morgan fingerprint density at radius 2 is 2.00 bits per heavy atom. The van der Waals surface area contributed by atoms with E-state index in [-0.39, 0.29) is 6.04 Å². The second kappa shape index (κ2) is 7.41. The molecule has 20 heavy (non-hydrogen) atoms. The van der Waals surface area contributed by atoms with Gasteiger partial charge in [0, 0.05) is 38.8 Å². The lowest BCUT2D eigenvalue weighted by molar-refractivity contribution is 0.102. The Kier molecular flexibility index (Phi) is 5.84. The lowest BCUT2D eigenvalue weighted by Gasteiger charge is -2.38. The first-order chi connectivity index (χ1) is 9.69. The van der Waals surface area contributed by atoms with Crippen molar-refractivity contribution in [3.05, 3.63) is 28.2 Å². The van der Waals surface area contributed by atoms with Gasteiger partial charge in [0.2, 0.25) is 0 Å². The molecule has 1 aromatic carbocycles. The van der Waals surface area contributed by atoms with E-state index in [1.807, 2.05) is 6.07 Å². The lowest BCUT2D eigenvalue weighted by Crippen LogP contribution is -2.48. The van der Waals surface area contributed by atoms with Crippen molar-refractivity contribution in [3.8, 4) is 5.75 Å². The van der Waals surface area contributed by atoms with Gasteiger partial charge in [-0.3, -0.25) is 4.90 Å². The van der Waals surface area contributed by atoms with Gasteiger partial charge in [0.1, 0.15) is 5.75 Å². The molecule has 1 unspecified atom stereocenters. The Morgan fingerprint density at radius 1 is 1.30 bits per heavy atom. The average Bonchev–Trinajstić information content (AvgIpc) is 2.49. The highest BCUT2D eigenvalue weighted by molar-refractivity contribution is 9.10. The summed E-state index contributed by atoms with van der Waals surface area (Å²) in [4.78, 5) is 4.97. The number of hydrogen-bond donors (Lipinski definition) is 1. The molecular weight excluding hydrogens is 318 g/mol. The molecule has 0 spiro atoms. The Balaban J connectivity index is 2.10. The summed E-state index contributed by atoms with van der Waals surface area (Å²) in [5.74, 6) is 0.861. The van der Waals surface area contributed by atoms with Gasteiger partial charge in [-0.25, -0.2) is 0 Å².